The van der Waals surface area contributed by atoms with Crippen molar-refractivity contribution in [1.29, 1.82) is 0 Å². The number of benzene rings is 2. The van der Waals surface area contributed by atoms with E-state index < -0.39 is 0 Å². The highest BCUT2D eigenvalue weighted by Gasteiger charge is 2.27. The first-order chi connectivity index (χ1) is 22.3. The van der Waals surface area contributed by atoms with E-state index in [2.05, 4.69) is 98.8 Å². The van der Waals surface area contributed by atoms with Gasteiger partial charge in [-0.05, 0) is 25.7 Å². The van der Waals surface area contributed by atoms with E-state index in [4.69, 9.17) is 0 Å². The molecule has 0 atom stereocenters. The third-order valence-corrected chi connectivity index (χ3v) is 9.54. The van der Waals surface area contributed by atoms with Crippen LogP contribution >= 0.6 is 0 Å². The second kappa shape index (κ2) is 28.1. The lowest BCUT2D eigenvalue weighted by atomic mass is 10.1. The molecular weight excluding hydrogens is 542 g/mol. The van der Waals surface area contributed by atoms with Crippen LogP contribution in [-0.4, -0.2) is 17.6 Å². The average Bonchev–Trinajstić information content (AvgIpc) is 3.06. The topological polar surface area (TPSA) is 0 Å². The fraction of sp³-hybridized carbons (Fsp3) is 0.636. The van der Waals surface area contributed by atoms with Crippen molar-refractivity contribution in [1.82, 2.24) is 0 Å². The summed E-state index contributed by atoms with van der Waals surface area (Å²) in [6.45, 7) is 9.21. The Kier molecular flexibility index (Phi) is 24.4. The number of unbranched alkanes of at least 4 members (excludes halogenated alkanes) is 18. The van der Waals surface area contributed by atoms with E-state index >= 15 is 0 Å². The van der Waals surface area contributed by atoms with Gasteiger partial charge in [-0.15, -0.1) is 0 Å². The third-order valence-electron chi connectivity index (χ3n) is 9.54. The van der Waals surface area contributed by atoms with Gasteiger partial charge < -0.3 is 4.48 Å². The Morgan fingerprint density at radius 1 is 0.378 bits per heavy atom. The van der Waals surface area contributed by atoms with E-state index in [-0.39, 0.29) is 0 Å². The van der Waals surface area contributed by atoms with Crippen LogP contribution in [0.1, 0.15) is 166 Å². The fourth-order valence-corrected chi connectivity index (χ4v) is 6.74. The van der Waals surface area contributed by atoms with Crippen LogP contribution in [0.5, 0.6) is 0 Å². The summed E-state index contributed by atoms with van der Waals surface area (Å²) in [6, 6.07) is 22.5. The Bertz CT molecular complexity index is 864. The summed E-state index contributed by atoms with van der Waals surface area (Å²) >= 11 is 0. The molecule has 2 rings (SSSR count). The van der Waals surface area contributed by atoms with Gasteiger partial charge in [0.2, 0.25) is 0 Å². The Morgan fingerprint density at radius 2 is 0.689 bits per heavy atom. The van der Waals surface area contributed by atoms with Gasteiger partial charge >= 0.3 is 0 Å². The predicted molar refractivity (Wildman–Crippen MR) is 201 cm³/mol. The first-order valence-corrected chi connectivity index (χ1v) is 19.5. The van der Waals surface area contributed by atoms with Crippen LogP contribution in [0.4, 0.5) is 0 Å². The maximum Gasteiger partial charge on any atom is 0.105 e. The molecule has 0 radical (unpaired) electrons. The molecule has 0 N–H and O–H groups in total. The standard InChI is InChI=1S/C44H72N/c1-3-5-7-9-11-13-15-17-19-21-23-25-33-39-45(41-43-35-29-27-30-36-43,42-44-37-31-28-32-38-44)40-34-26-24-22-20-18-16-14-12-10-8-6-4-2/h23-32,35-38H,3-22,33-34,39-42H2,1-2H3/q+1/b25-23+,26-24+. The molecule has 0 bridgehead atoms. The molecular formula is C44H72N+. The van der Waals surface area contributed by atoms with Crippen molar-refractivity contribution in [2.45, 2.75) is 168 Å². The number of allylic oxidation sites excluding steroid dienone is 2. The number of hydrogen-bond donors (Lipinski definition) is 0. The molecule has 0 saturated carbocycles. The van der Waals surface area contributed by atoms with Crippen molar-refractivity contribution in [3.8, 4) is 0 Å². The second-order valence-electron chi connectivity index (χ2n) is 13.8. The summed E-state index contributed by atoms with van der Waals surface area (Å²) in [5.74, 6) is 0. The molecule has 2 aromatic carbocycles. The van der Waals surface area contributed by atoms with Crippen molar-refractivity contribution in [3.63, 3.8) is 0 Å². The molecule has 0 amide bonds. The van der Waals surface area contributed by atoms with Crippen molar-refractivity contribution in [2.24, 2.45) is 0 Å². The van der Waals surface area contributed by atoms with Crippen LogP contribution in [0, 0.1) is 0 Å². The van der Waals surface area contributed by atoms with Crippen LogP contribution in [0.2, 0.25) is 0 Å². The minimum Gasteiger partial charge on any atom is -0.316 e. The first-order valence-electron chi connectivity index (χ1n) is 19.5. The molecule has 1 nitrogen and oxygen atoms in total. The van der Waals surface area contributed by atoms with E-state index in [0.717, 1.165) is 17.6 Å². The maximum absolute atomic E-state index is 2.49. The summed E-state index contributed by atoms with van der Waals surface area (Å²) < 4.78 is 1.12. The highest BCUT2D eigenvalue weighted by Crippen LogP contribution is 2.23. The van der Waals surface area contributed by atoms with Crippen molar-refractivity contribution in [3.05, 3.63) is 96.1 Å². The Hall–Kier alpha value is -2.12. The summed E-state index contributed by atoms with van der Waals surface area (Å²) in [7, 11) is 0. The number of rotatable bonds is 30. The number of hydrogen-bond acceptors (Lipinski definition) is 0. The summed E-state index contributed by atoms with van der Waals surface area (Å²) in [4.78, 5) is 0. The second-order valence-corrected chi connectivity index (χ2v) is 13.8. The molecule has 2 aromatic rings. The zero-order valence-corrected chi connectivity index (χ0v) is 29.9. The maximum atomic E-state index is 2.49. The molecule has 0 spiro atoms. The Labute approximate surface area is 281 Å². The minimum atomic E-state index is 1.11. The SMILES string of the molecule is CCCCCCCCCCC/C=C/CC[N+](CC/C=C/CCCCCCCCCCC)(Cc1ccccc1)Cc1ccccc1. The Balaban J connectivity index is 1.84. The number of quaternary nitrogens is 1. The van der Waals surface area contributed by atoms with E-state index in [9.17, 15) is 0 Å². The molecule has 252 valence electrons. The first kappa shape index (κ1) is 39.1. The quantitative estimate of drug-likeness (QED) is 0.0466. The summed E-state index contributed by atoms with van der Waals surface area (Å²) in [5, 5.41) is 0. The fourth-order valence-electron chi connectivity index (χ4n) is 6.74. The predicted octanol–water partition coefficient (Wildman–Crippen LogP) is 13.9. The highest BCUT2D eigenvalue weighted by molar-refractivity contribution is 5.15. The molecule has 0 aliphatic rings. The number of nitrogens with zero attached hydrogens (tertiary/aromatic N) is 1. The van der Waals surface area contributed by atoms with Crippen LogP contribution in [0.25, 0.3) is 0 Å². The van der Waals surface area contributed by atoms with E-state index in [1.165, 1.54) is 165 Å². The van der Waals surface area contributed by atoms with Gasteiger partial charge in [-0.3, -0.25) is 0 Å². The van der Waals surface area contributed by atoms with Gasteiger partial charge in [0.25, 0.3) is 0 Å². The van der Waals surface area contributed by atoms with E-state index in [0.29, 0.717) is 0 Å². The molecule has 45 heavy (non-hydrogen) atoms. The molecule has 0 saturated heterocycles. The smallest absolute Gasteiger partial charge is 0.105 e. The molecule has 0 heterocycles. The van der Waals surface area contributed by atoms with E-state index in [1.807, 2.05) is 0 Å². The lowest BCUT2D eigenvalue weighted by molar-refractivity contribution is -0.953. The molecule has 0 aliphatic carbocycles. The Morgan fingerprint density at radius 3 is 1.04 bits per heavy atom. The summed E-state index contributed by atoms with van der Waals surface area (Å²) in [6.07, 6.45) is 40.1. The van der Waals surface area contributed by atoms with E-state index in [1.54, 1.807) is 0 Å². The van der Waals surface area contributed by atoms with Crippen LogP contribution < -0.4 is 0 Å². The van der Waals surface area contributed by atoms with Crippen LogP contribution in [-0.2, 0) is 13.1 Å². The largest absolute Gasteiger partial charge is 0.316 e. The molecule has 0 aromatic heterocycles. The van der Waals surface area contributed by atoms with Gasteiger partial charge in [-0.2, -0.15) is 0 Å². The van der Waals surface area contributed by atoms with Gasteiger partial charge in [0.1, 0.15) is 13.1 Å². The van der Waals surface area contributed by atoms with Gasteiger partial charge in [0.15, 0.2) is 0 Å². The molecule has 1 heteroatoms. The minimum absolute atomic E-state index is 1.11. The normalized spacial score (nSPS) is 12.1. The van der Waals surface area contributed by atoms with Crippen molar-refractivity contribution in [2.75, 3.05) is 13.1 Å². The van der Waals surface area contributed by atoms with Gasteiger partial charge in [0.05, 0.1) is 13.1 Å². The van der Waals surface area contributed by atoms with Crippen LogP contribution in [0.3, 0.4) is 0 Å². The monoisotopic (exact) mass is 615 g/mol. The molecule has 0 fully saturated rings. The highest BCUT2D eigenvalue weighted by atomic mass is 15.3. The average molecular weight is 615 g/mol. The van der Waals surface area contributed by atoms with Gasteiger partial charge in [-0.25, -0.2) is 0 Å². The van der Waals surface area contributed by atoms with Crippen LogP contribution in [0.15, 0.2) is 85.0 Å². The summed E-state index contributed by atoms with van der Waals surface area (Å²) in [5.41, 5.74) is 2.93. The molecule has 0 aliphatic heterocycles. The van der Waals surface area contributed by atoms with Gasteiger partial charge in [0, 0.05) is 24.0 Å². The molecule has 0 unspecified atom stereocenters. The lowest BCUT2D eigenvalue weighted by Crippen LogP contribution is -2.47. The van der Waals surface area contributed by atoms with Crippen molar-refractivity contribution < 1.29 is 4.48 Å². The van der Waals surface area contributed by atoms with Crippen molar-refractivity contribution >= 4 is 0 Å². The zero-order chi connectivity index (χ0) is 31.9. The van der Waals surface area contributed by atoms with Gasteiger partial charge in [-0.1, -0.05) is 202 Å². The zero-order valence-electron chi connectivity index (χ0n) is 29.9. The lowest BCUT2D eigenvalue weighted by Gasteiger charge is -2.39. The third kappa shape index (κ3) is 21.3.